The molecule has 0 unspecified atom stereocenters. The SMILES string of the molecule is Cc1ncc(CN=C(N)NC2CCC2)c(=O)[nH]1. The molecule has 6 heteroatoms. The summed E-state index contributed by atoms with van der Waals surface area (Å²) < 4.78 is 0. The molecule has 6 nitrogen and oxygen atoms in total. The molecule has 1 heterocycles. The molecule has 1 aliphatic carbocycles. The smallest absolute Gasteiger partial charge is 0.255 e. The number of aromatic nitrogens is 2. The summed E-state index contributed by atoms with van der Waals surface area (Å²) in [6.07, 6.45) is 5.06. The molecule has 2 rings (SSSR count). The van der Waals surface area contributed by atoms with Gasteiger partial charge in [-0.1, -0.05) is 0 Å². The second-order valence-electron chi connectivity index (χ2n) is 4.30. The van der Waals surface area contributed by atoms with Gasteiger partial charge in [0.05, 0.1) is 12.1 Å². The monoisotopic (exact) mass is 235 g/mol. The van der Waals surface area contributed by atoms with Gasteiger partial charge in [-0.3, -0.25) is 4.79 Å². The van der Waals surface area contributed by atoms with Crippen molar-refractivity contribution in [2.24, 2.45) is 10.7 Å². The van der Waals surface area contributed by atoms with Crippen LogP contribution < -0.4 is 16.6 Å². The van der Waals surface area contributed by atoms with Gasteiger partial charge in [0.25, 0.3) is 5.56 Å². The third kappa shape index (κ3) is 3.05. The lowest BCUT2D eigenvalue weighted by Crippen LogP contribution is -2.43. The molecule has 1 fully saturated rings. The minimum absolute atomic E-state index is 0.155. The van der Waals surface area contributed by atoms with E-state index in [-0.39, 0.29) is 12.1 Å². The van der Waals surface area contributed by atoms with Crippen molar-refractivity contribution in [2.75, 3.05) is 0 Å². The van der Waals surface area contributed by atoms with Crippen LogP contribution in [0.15, 0.2) is 16.0 Å². The molecule has 1 aliphatic rings. The minimum Gasteiger partial charge on any atom is -0.370 e. The Hall–Kier alpha value is -1.85. The molecule has 0 amide bonds. The number of aromatic amines is 1. The average Bonchev–Trinajstić information content (AvgIpc) is 2.22. The highest BCUT2D eigenvalue weighted by atomic mass is 16.1. The molecule has 1 aromatic heterocycles. The van der Waals surface area contributed by atoms with Crippen LogP contribution in [-0.2, 0) is 6.54 Å². The molecule has 17 heavy (non-hydrogen) atoms. The van der Waals surface area contributed by atoms with Crippen LogP contribution in [0.2, 0.25) is 0 Å². The first-order valence-corrected chi connectivity index (χ1v) is 5.76. The fourth-order valence-corrected chi connectivity index (χ4v) is 1.60. The largest absolute Gasteiger partial charge is 0.370 e. The van der Waals surface area contributed by atoms with Gasteiger partial charge in [0, 0.05) is 12.2 Å². The van der Waals surface area contributed by atoms with E-state index in [4.69, 9.17) is 5.73 Å². The van der Waals surface area contributed by atoms with Crippen molar-refractivity contribution >= 4 is 5.96 Å². The Labute approximate surface area is 99.4 Å². The lowest BCUT2D eigenvalue weighted by atomic mass is 9.93. The first-order valence-electron chi connectivity index (χ1n) is 5.76. The van der Waals surface area contributed by atoms with E-state index in [0.29, 0.717) is 23.4 Å². The summed E-state index contributed by atoms with van der Waals surface area (Å²) in [7, 11) is 0. The number of hydrogen-bond acceptors (Lipinski definition) is 3. The Kier molecular flexibility index (Phi) is 3.41. The number of H-pyrrole nitrogens is 1. The first kappa shape index (κ1) is 11.6. The van der Waals surface area contributed by atoms with Gasteiger partial charge in [-0.15, -0.1) is 0 Å². The highest BCUT2D eigenvalue weighted by Gasteiger charge is 2.17. The second-order valence-corrected chi connectivity index (χ2v) is 4.30. The summed E-state index contributed by atoms with van der Waals surface area (Å²) in [6.45, 7) is 2.00. The third-order valence-electron chi connectivity index (χ3n) is 2.88. The number of aliphatic imine (C=N–C) groups is 1. The quantitative estimate of drug-likeness (QED) is 0.509. The fourth-order valence-electron chi connectivity index (χ4n) is 1.60. The molecule has 0 atom stereocenters. The summed E-state index contributed by atoms with van der Waals surface area (Å²) in [5, 5.41) is 3.11. The highest BCUT2D eigenvalue weighted by molar-refractivity contribution is 5.78. The van der Waals surface area contributed by atoms with Crippen LogP contribution >= 0.6 is 0 Å². The highest BCUT2D eigenvalue weighted by Crippen LogP contribution is 2.17. The van der Waals surface area contributed by atoms with Crippen LogP contribution in [0.4, 0.5) is 0 Å². The van der Waals surface area contributed by atoms with Gasteiger partial charge >= 0.3 is 0 Å². The zero-order valence-corrected chi connectivity index (χ0v) is 9.86. The lowest BCUT2D eigenvalue weighted by molar-refractivity contribution is 0.382. The maximum absolute atomic E-state index is 11.5. The predicted octanol–water partition coefficient (Wildman–Crippen LogP) is 0.0351. The number of nitrogens with one attached hydrogen (secondary N) is 2. The molecular weight excluding hydrogens is 218 g/mol. The Bertz CT molecular complexity index is 475. The van der Waals surface area contributed by atoms with Crippen molar-refractivity contribution in [1.29, 1.82) is 0 Å². The lowest BCUT2D eigenvalue weighted by Gasteiger charge is -2.26. The van der Waals surface area contributed by atoms with Crippen molar-refractivity contribution in [2.45, 2.75) is 38.8 Å². The number of aryl methyl sites for hydroxylation is 1. The fraction of sp³-hybridized carbons (Fsp3) is 0.545. The summed E-state index contributed by atoms with van der Waals surface area (Å²) in [5.41, 5.74) is 6.09. The van der Waals surface area contributed by atoms with Gasteiger partial charge in [0.1, 0.15) is 5.82 Å². The van der Waals surface area contributed by atoms with E-state index in [1.54, 1.807) is 6.92 Å². The molecule has 0 aliphatic heterocycles. The van der Waals surface area contributed by atoms with Crippen LogP contribution in [0, 0.1) is 6.92 Å². The topological polar surface area (TPSA) is 96.2 Å². The Morgan fingerprint density at radius 3 is 3.06 bits per heavy atom. The van der Waals surface area contributed by atoms with Crippen LogP contribution in [-0.4, -0.2) is 22.0 Å². The Balaban J connectivity index is 1.95. The van der Waals surface area contributed by atoms with Gasteiger partial charge in [-0.25, -0.2) is 9.98 Å². The molecular formula is C11H17N5O. The van der Waals surface area contributed by atoms with Crippen LogP contribution in [0.3, 0.4) is 0 Å². The number of nitrogens with zero attached hydrogens (tertiary/aromatic N) is 2. The van der Waals surface area contributed by atoms with E-state index in [1.165, 1.54) is 12.6 Å². The van der Waals surface area contributed by atoms with Crippen LogP contribution in [0.25, 0.3) is 0 Å². The molecule has 0 bridgehead atoms. The maximum atomic E-state index is 11.5. The van der Waals surface area contributed by atoms with Gasteiger partial charge in [-0.05, 0) is 26.2 Å². The van der Waals surface area contributed by atoms with Crippen molar-refractivity contribution in [3.8, 4) is 0 Å². The summed E-state index contributed by atoms with van der Waals surface area (Å²) in [5.74, 6) is 0.998. The summed E-state index contributed by atoms with van der Waals surface area (Å²) in [4.78, 5) is 22.3. The maximum Gasteiger partial charge on any atom is 0.255 e. The molecule has 92 valence electrons. The Morgan fingerprint density at radius 2 is 2.47 bits per heavy atom. The molecule has 4 N–H and O–H groups in total. The number of guanidine groups is 1. The third-order valence-corrected chi connectivity index (χ3v) is 2.88. The van der Waals surface area contributed by atoms with E-state index < -0.39 is 0 Å². The van der Waals surface area contributed by atoms with Crippen molar-refractivity contribution in [3.05, 3.63) is 27.9 Å². The average molecular weight is 235 g/mol. The van der Waals surface area contributed by atoms with Crippen LogP contribution in [0.1, 0.15) is 30.7 Å². The normalized spacial score (nSPS) is 16.6. The van der Waals surface area contributed by atoms with E-state index in [1.807, 2.05) is 0 Å². The van der Waals surface area contributed by atoms with Crippen molar-refractivity contribution in [1.82, 2.24) is 15.3 Å². The van der Waals surface area contributed by atoms with Gasteiger partial charge < -0.3 is 16.0 Å². The Morgan fingerprint density at radius 1 is 1.71 bits per heavy atom. The number of hydrogen-bond donors (Lipinski definition) is 3. The first-order chi connectivity index (χ1) is 8.15. The van der Waals surface area contributed by atoms with Crippen molar-refractivity contribution < 1.29 is 0 Å². The standard InChI is InChI=1S/C11H17N5O/c1-7-13-5-8(10(17)15-7)6-14-11(12)16-9-3-2-4-9/h5,9H,2-4,6H2,1H3,(H3,12,14,16)(H,13,15,17). The van der Waals surface area contributed by atoms with Crippen LogP contribution in [0.5, 0.6) is 0 Å². The van der Waals surface area contributed by atoms with Gasteiger partial charge in [-0.2, -0.15) is 0 Å². The molecule has 1 saturated carbocycles. The van der Waals surface area contributed by atoms with E-state index >= 15 is 0 Å². The molecule has 0 radical (unpaired) electrons. The zero-order chi connectivity index (χ0) is 12.3. The minimum atomic E-state index is -0.155. The van der Waals surface area contributed by atoms with Gasteiger partial charge in [0.2, 0.25) is 0 Å². The summed E-state index contributed by atoms with van der Waals surface area (Å²) >= 11 is 0. The molecule has 0 aromatic carbocycles. The van der Waals surface area contributed by atoms with E-state index in [0.717, 1.165) is 12.8 Å². The van der Waals surface area contributed by atoms with Gasteiger partial charge in [0.15, 0.2) is 5.96 Å². The van der Waals surface area contributed by atoms with E-state index in [2.05, 4.69) is 20.3 Å². The number of rotatable bonds is 3. The molecule has 0 spiro atoms. The van der Waals surface area contributed by atoms with Crippen molar-refractivity contribution in [3.63, 3.8) is 0 Å². The number of nitrogens with two attached hydrogens (primary N) is 1. The van der Waals surface area contributed by atoms with E-state index in [9.17, 15) is 4.79 Å². The predicted molar refractivity (Wildman–Crippen MR) is 65.7 cm³/mol. The molecule has 1 aromatic rings. The summed E-state index contributed by atoms with van der Waals surface area (Å²) in [6, 6.07) is 0.452. The zero-order valence-electron chi connectivity index (χ0n) is 9.86. The molecule has 0 saturated heterocycles. The second kappa shape index (κ2) is 4.99.